The fourth-order valence-electron chi connectivity index (χ4n) is 3.00. The molecule has 0 bridgehead atoms. The van der Waals surface area contributed by atoms with E-state index < -0.39 is 0 Å². The Kier molecular flexibility index (Phi) is 4.36. The van der Waals surface area contributed by atoms with Crippen molar-refractivity contribution < 1.29 is 9.53 Å². The lowest BCUT2D eigenvalue weighted by atomic mass is 10.1. The van der Waals surface area contributed by atoms with Gasteiger partial charge in [0.15, 0.2) is 5.17 Å². The number of anilines is 2. The van der Waals surface area contributed by atoms with E-state index in [-0.39, 0.29) is 5.91 Å². The van der Waals surface area contributed by atoms with Crippen LogP contribution in [-0.2, 0) is 11.2 Å². The quantitative estimate of drug-likeness (QED) is 0.893. The van der Waals surface area contributed by atoms with Gasteiger partial charge in [-0.05, 0) is 54.1 Å². The molecule has 0 fully saturated rings. The van der Waals surface area contributed by atoms with Crippen molar-refractivity contribution in [1.29, 1.82) is 0 Å². The lowest BCUT2D eigenvalue weighted by Crippen LogP contribution is -2.21. The van der Waals surface area contributed by atoms with Crippen LogP contribution >= 0.6 is 11.8 Å². The molecule has 1 N–H and O–H groups in total. The second-order valence-corrected chi connectivity index (χ2v) is 7.01. The number of nitrogens with zero attached hydrogens (tertiary/aromatic N) is 2. The highest BCUT2D eigenvalue weighted by Crippen LogP contribution is 2.43. The second-order valence-electron chi connectivity index (χ2n) is 6.00. The number of rotatable bonds is 5. The molecule has 0 aliphatic carbocycles. The Bertz CT molecular complexity index is 833. The Morgan fingerprint density at radius 1 is 1.28 bits per heavy atom. The maximum Gasteiger partial charge on any atom is 0.224 e. The Morgan fingerprint density at radius 3 is 2.92 bits per heavy atom. The van der Waals surface area contributed by atoms with Crippen LogP contribution in [0.3, 0.4) is 0 Å². The molecule has 6 heteroatoms. The fraction of sp³-hybridized carbons (Fsp3) is 0.263. The van der Waals surface area contributed by atoms with Gasteiger partial charge < -0.3 is 15.0 Å². The first-order valence-corrected chi connectivity index (χ1v) is 9.11. The van der Waals surface area contributed by atoms with Crippen molar-refractivity contribution in [2.24, 2.45) is 4.99 Å². The number of methoxy groups -OCH3 is 1. The van der Waals surface area contributed by atoms with E-state index in [1.807, 2.05) is 36.4 Å². The minimum atomic E-state index is 0.0248. The zero-order valence-corrected chi connectivity index (χ0v) is 14.8. The number of carbonyl (C=O) groups is 1. The number of carbonyl (C=O) groups excluding carboxylic acids is 1. The molecule has 25 heavy (non-hydrogen) atoms. The fourth-order valence-corrected chi connectivity index (χ4v) is 4.06. The van der Waals surface area contributed by atoms with E-state index in [9.17, 15) is 4.79 Å². The predicted octanol–water partition coefficient (Wildman–Crippen LogP) is 3.55. The minimum Gasteiger partial charge on any atom is -0.497 e. The summed E-state index contributed by atoms with van der Waals surface area (Å²) in [6, 6.07) is 13.9. The van der Waals surface area contributed by atoms with Crippen LogP contribution in [0.5, 0.6) is 5.75 Å². The molecule has 5 nitrogen and oxygen atoms in total. The molecule has 0 saturated carbocycles. The number of aryl methyl sites for hydroxylation is 1. The van der Waals surface area contributed by atoms with E-state index in [1.54, 1.807) is 18.9 Å². The van der Waals surface area contributed by atoms with E-state index in [2.05, 4.69) is 21.3 Å². The van der Waals surface area contributed by atoms with Gasteiger partial charge in [0.25, 0.3) is 0 Å². The first kappa shape index (κ1) is 16.0. The summed E-state index contributed by atoms with van der Waals surface area (Å²) in [4.78, 5) is 20.2. The highest BCUT2D eigenvalue weighted by Gasteiger charge is 2.29. The molecule has 0 radical (unpaired) electrons. The normalized spacial score (nSPS) is 14.8. The van der Waals surface area contributed by atoms with Gasteiger partial charge in [-0.1, -0.05) is 12.1 Å². The molecule has 0 aromatic heterocycles. The number of aliphatic imine (C=N–C) groups is 1. The Hall–Kier alpha value is -2.47. The topological polar surface area (TPSA) is 53.9 Å². The average Bonchev–Trinajstić information content (AvgIpc) is 3.22. The third kappa shape index (κ3) is 3.35. The van der Waals surface area contributed by atoms with Crippen LogP contribution in [0.15, 0.2) is 52.4 Å². The number of ether oxygens (including phenoxy) is 1. The summed E-state index contributed by atoms with van der Waals surface area (Å²) < 4.78 is 5.15. The maximum atomic E-state index is 12.3. The number of hydrogen-bond donors (Lipinski definition) is 1. The monoisotopic (exact) mass is 353 g/mol. The van der Waals surface area contributed by atoms with Crippen LogP contribution in [0.2, 0.25) is 0 Å². The second kappa shape index (κ2) is 6.80. The van der Waals surface area contributed by atoms with Crippen LogP contribution in [0.1, 0.15) is 12.0 Å². The molecule has 0 spiro atoms. The van der Waals surface area contributed by atoms with E-state index in [0.717, 1.165) is 40.9 Å². The van der Waals surface area contributed by atoms with Crippen LogP contribution < -0.4 is 15.0 Å². The van der Waals surface area contributed by atoms with Gasteiger partial charge in [0, 0.05) is 23.5 Å². The van der Waals surface area contributed by atoms with Crippen molar-refractivity contribution in [2.45, 2.75) is 17.7 Å². The van der Waals surface area contributed by atoms with Gasteiger partial charge in [0.05, 0.1) is 19.3 Å². The molecule has 0 unspecified atom stereocenters. The zero-order valence-electron chi connectivity index (χ0n) is 14.0. The van der Waals surface area contributed by atoms with E-state index in [1.165, 1.54) is 4.90 Å². The molecule has 2 aromatic rings. The van der Waals surface area contributed by atoms with Gasteiger partial charge in [0.2, 0.25) is 5.91 Å². The van der Waals surface area contributed by atoms with Gasteiger partial charge in [-0.3, -0.25) is 9.79 Å². The maximum absolute atomic E-state index is 12.3. The van der Waals surface area contributed by atoms with Crippen LogP contribution in [0.4, 0.5) is 11.4 Å². The molecule has 2 heterocycles. The van der Waals surface area contributed by atoms with Crippen LogP contribution in [0, 0.1) is 0 Å². The molecular formula is C19H19N3O2S. The number of amides is 1. The third-order valence-corrected chi connectivity index (χ3v) is 5.43. The Labute approximate surface area is 151 Å². The molecule has 0 atom stereocenters. The largest absolute Gasteiger partial charge is 0.497 e. The van der Waals surface area contributed by atoms with Crippen molar-refractivity contribution in [3.05, 3.63) is 48.0 Å². The van der Waals surface area contributed by atoms with Crippen molar-refractivity contribution in [2.75, 3.05) is 30.4 Å². The van der Waals surface area contributed by atoms with Gasteiger partial charge in [-0.15, -0.1) is 0 Å². The molecule has 128 valence electrons. The minimum absolute atomic E-state index is 0.0248. The molecule has 2 aromatic carbocycles. The van der Waals surface area contributed by atoms with Gasteiger partial charge in [0.1, 0.15) is 5.75 Å². The van der Waals surface area contributed by atoms with Crippen molar-refractivity contribution in [3.63, 3.8) is 0 Å². The summed E-state index contributed by atoms with van der Waals surface area (Å²) >= 11 is 1.70. The zero-order chi connectivity index (χ0) is 17.2. The van der Waals surface area contributed by atoms with E-state index in [0.29, 0.717) is 12.8 Å². The van der Waals surface area contributed by atoms with Crippen molar-refractivity contribution >= 4 is 34.2 Å². The molecule has 0 saturated heterocycles. The number of amidine groups is 1. The number of thioether (sulfide) groups is 1. The molecular weight excluding hydrogens is 334 g/mol. The molecule has 1 amide bonds. The summed E-state index contributed by atoms with van der Waals surface area (Å²) in [5.41, 5.74) is 3.11. The number of benzene rings is 2. The Morgan fingerprint density at radius 2 is 2.12 bits per heavy atom. The number of fused-ring (bicyclic) bond motifs is 3. The average molecular weight is 353 g/mol. The van der Waals surface area contributed by atoms with Crippen molar-refractivity contribution in [3.8, 4) is 5.75 Å². The van der Waals surface area contributed by atoms with E-state index in [4.69, 9.17) is 4.74 Å². The number of nitrogens with one attached hydrogen (secondary N) is 1. The highest BCUT2D eigenvalue weighted by molar-refractivity contribution is 8.14. The molecule has 4 rings (SSSR count). The van der Waals surface area contributed by atoms with E-state index >= 15 is 0 Å². The summed E-state index contributed by atoms with van der Waals surface area (Å²) in [6.07, 6.45) is 1.16. The van der Waals surface area contributed by atoms with Crippen LogP contribution in [0.25, 0.3) is 0 Å². The third-order valence-electron chi connectivity index (χ3n) is 4.34. The first-order chi connectivity index (χ1) is 12.2. The highest BCUT2D eigenvalue weighted by atomic mass is 32.2. The van der Waals surface area contributed by atoms with Crippen molar-refractivity contribution in [1.82, 2.24) is 0 Å². The summed E-state index contributed by atoms with van der Waals surface area (Å²) in [5, 5.41) is 4.07. The summed E-state index contributed by atoms with van der Waals surface area (Å²) in [6.45, 7) is 1.77. The van der Waals surface area contributed by atoms with Crippen LogP contribution in [-0.4, -0.2) is 31.3 Å². The van der Waals surface area contributed by atoms with Gasteiger partial charge >= 0.3 is 0 Å². The predicted molar refractivity (Wildman–Crippen MR) is 102 cm³/mol. The molecule has 2 aliphatic rings. The Balaban J connectivity index is 1.36. The first-order valence-electron chi connectivity index (χ1n) is 8.29. The van der Waals surface area contributed by atoms with Gasteiger partial charge in [-0.2, -0.15) is 0 Å². The van der Waals surface area contributed by atoms with Gasteiger partial charge in [-0.25, -0.2) is 0 Å². The summed E-state index contributed by atoms with van der Waals surface area (Å²) in [7, 11) is 1.65. The number of hydrogen-bond acceptors (Lipinski definition) is 5. The summed E-state index contributed by atoms with van der Waals surface area (Å²) in [5.74, 6) is 0.853. The molecule has 2 aliphatic heterocycles. The smallest absolute Gasteiger partial charge is 0.224 e. The SMILES string of the molecule is COc1ccc(CCC(=O)Nc2ccc3c(c2)N2CCN=C2S3)cc1. The lowest BCUT2D eigenvalue weighted by Gasteiger charge is -2.13. The lowest BCUT2D eigenvalue weighted by molar-refractivity contribution is -0.116. The standard InChI is InChI=1S/C19H19N3O2S/c1-24-15-6-2-13(3-7-15)4-9-18(23)21-14-5-8-17-16(12-14)22-11-10-20-19(22)25-17/h2-3,5-8,12H,4,9-11H2,1H3,(H,21,23).